The van der Waals surface area contributed by atoms with Crippen LogP contribution >= 0.6 is 0 Å². The van der Waals surface area contributed by atoms with Crippen LogP contribution in [-0.4, -0.2) is 7.11 Å². The highest BCUT2D eigenvalue weighted by atomic mass is 16.5. The molecule has 0 spiro atoms. The Labute approximate surface area is 86.4 Å². The Morgan fingerprint density at radius 2 is 2.21 bits per heavy atom. The first-order valence-corrected chi connectivity index (χ1v) is 4.86. The number of allylic oxidation sites excluding steroid dienone is 1. The molecule has 0 saturated heterocycles. The van der Waals surface area contributed by atoms with Gasteiger partial charge in [-0.1, -0.05) is 25.1 Å². The maximum atomic E-state index is 5.31. The third kappa shape index (κ3) is 1.98. The van der Waals surface area contributed by atoms with Gasteiger partial charge in [-0.3, -0.25) is 0 Å². The number of ether oxygens (including phenoxy) is 1. The quantitative estimate of drug-likeness (QED) is 0.660. The van der Waals surface area contributed by atoms with Gasteiger partial charge in [0.15, 0.2) is 0 Å². The third-order valence-corrected chi connectivity index (χ3v) is 2.43. The number of hydrogen-bond acceptors (Lipinski definition) is 1. The molecule has 75 valence electrons. The van der Waals surface area contributed by atoms with E-state index in [1.807, 2.05) is 18.2 Å². The van der Waals surface area contributed by atoms with Gasteiger partial charge in [-0.05, 0) is 30.5 Å². The summed E-state index contributed by atoms with van der Waals surface area (Å²) in [6.07, 6.45) is 2.81. The average Bonchev–Trinajstić information content (AvgIpc) is 2.26. The molecule has 0 amide bonds. The van der Waals surface area contributed by atoms with Crippen molar-refractivity contribution in [1.82, 2.24) is 0 Å². The van der Waals surface area contributed by atoms with Crippen molar-refractivity contribution in [2.75, 3.05) is 7.11 Å². The molecule has 0 aliphatic rings. The monoisotopic (exact) mass is 189 g/mol. The lowest BCUT2D eigenvalue weighted by molar-refractivity contribution is 0.409. The summed E-state index contributed by atoms with van der Waals surface area (Å²) in [6.45, 7) is 9.92. The van der Waals surface area contributed by atoms with Gasteiger partial charge in [-0.25, -0.2) is 0 Å². The van der Waals surface area contributed by atoms with Gasteiger partial charge >= 0.3 is 0 Å². The van der Waals surface area contributed by atoms with Gasteiger partial charge < -0.3 is 4.74 Å². The number of methoxy groups -OCH3 is 1. The molecule has 1 radical (unpaired) electrons. The van der Waals surface area contributed by atoms with E-state index in [9.17, 15) is 0 Å². The topological polar surface area (TPSA) is 9.23 Å². The molecule has 1 aromatic rings. The zero-order valence-electron chi connectivity index (χ0n) is 8.92. The van der Waals surface area contributed by atoms with E-state index in [-0.39, 0.29) is 5.92 Å². The fraction of sp³-hybridized carbons (Fsp3) is 0.308. The SMILES string of the molecule is [CH2]C(C=C)c1cccc(OC)c1CC. The van der Waals surface area contributed by atoms with Crippen LogP contribution in [0.15, 0.2) is 30.9 Å². The average molecular weight is 189 g/mol. The van der Waals surface area contributed by atoms with Crippen LogP contribution in [0.2, 0.25) is 0 Å². The zero-order chi connectivity index (χ0) is 10.6. The number of hydrogen-bond donors (Lipinski definition) is 0. The minimum atomic E-state index is 0.139. The summed E-state index contributed by atoms with van der Waals surface area (Å²) >= 11 is 0. The fourth-order valence-corrected chi connectivity index (χ4v) is 1.63. The molecule has 1 nitrogen and oxygen atoms in total. The fourth-order valence-electron chi connectivity index (χ4n) is 1.63. The van der Waals surface area contributed by atoms with Gasteiger partial charge in [0.2, 0.25) is 0 Å². The Hall–Kier alpha value is -1.24. The standard InChI is InChI=1S/C13H17O/c1-5-10(3)12-8-7-9-13(14-4)11(12)6-2/h5,7-10H,1,3,6H2,2,4H3. The van der Waals surface area contributed by atoms with Crippen LogP contribution in [0.5, 0.6) is 5.75 Å². The van der Waals surface area contributed by atoms with E-state index in [2.05, 4.69) is 26.5 Å². The van der Waals surface area contributed by atoms with Crippen LogP contribution in [0.4, 0.5) is 0 Å². The maximum Gasteiger partial charge on any atom is 0.122 e. The smallest absolute Gasteiger partial charge is 0.122 e. The van der Waals surface area contributed by atoms with Gasteiger partial charge in [-0.15, -0.1) is 6.58 Å². The zero-order valence-corrected chi connectivity index (χ0v) is 8.92. The highest BCUT2D eigenvalue weighted by Crippen LogP contribution is 2.28. The number of benzene rings is 1. The van der Waals surface area contributed by atoms with Crippen LogP contribution in [0.3, 0.4) is 0 Å². The third-order valence-electron chi connectivity index (χ3n) is 2.43. The Morgan fingerprint density at radius 3 is 2.71 bits per heavy atom. The van der Waals surface area contributed by atoms with Gasteiger partial charge in [0.25, 0.3) is 0 Å². The van der Waals surface area contributed by atoms with Crippen LogP contribution in [0.25, 0.3) is 0 Å². The first kappa shape index (κ1) is 10.8. The lowest BCUT2D eigenvalue weighted by Crippen LogP contribution is -1.99. The maximum absolute atomic E-state index is 5.31. The summed E-state index contributed by atoms with van der Waals surface area (Å²) in [5.74, 6) is 1.08. The van der Waals surface area contributed by atoms with Crippen molar-refractivity contribution in [1.29, 1.82) is 0 Å². The van der Waals surface area contributed by atoms with E-state index >= 15 is 0 Å². The molecule has 1 heteroatoms. The molecular formula is C13H17O. The van der Waals surface area contributed by atoms with Gasteiger partial charge in [-0.2, -0.15) is 0 Å². The van der Waals surface area contributed by atoms with Crippen molar-refractivity contribution in [3.63, 3.8) is 0 Å². The molecule has 0 fully saturated rings. The Kier molecular flexibility index (Phi) is 3.75. The summed E-state index contributed by atoms with van der Waals surface area (Å²) in [4.78, 5) is 0. The van der Waals surface area contributed by atoms with Crippen molar-refractivity contribution < 1.29 is 4.74 Å². The van der Waals surface area contributed by atoms with E-state index in [1.54, 1.807) is 7.11 Å². The first-order chi connectivity index (χ1) is 6.74. The highest BCUT2D eigenvalue weighted by molar-refractivity contribution is 5.43. The van der Waals surface area contributed by atoms with Crippen molar-refractivity contribution in [2.24, 2.45) is 0 Å². The summed E-state index contributed by atoms with van der Waals surface area (Å²) in [7, 11) is 1.70. The Bertz CT molecular complexity index is 315. The molecule has 14 heavy (non-hydrogen) atoms. The minimum absolute atomic E-state index is 0.139. The van der Waals surface area contributed by atoms with Crippen molar-refractivity contribution >= 4 is 0 Å². The Morgan fingerprint density at radius 1 is 1.50 bits per heavy atom. The largest absolute Gasteiger partial charge is 0.496 e. The second-order valence-corrected chi connectivity index (χ2v) is 3.22. The highest BCUT2D eigenvalue weighted by Gasteiger charge is 2.10. The molecular weight excluding hydrogens is 172 g/mol. The van der Waals surface area contributed by atoms with E-state index in [0.29, 0.717) is 0 Å². The molecule has 0 aromatic heterocycles. The summed E-state index contributed by atoms with van der Waals surface area (Å²) in [6, 6.07) is 6.06. The minimum Gasteiger partial charge on any atom is -0.496 e. The van der Waals surface area contributed by atoms with Gasteiger partial charge in [0.05, 0.1) is 7.11 Å². The van der Waals surface area contributed by atoms with Crippen molar-refractivity contribution in [3.8, 4) is 5.75 Å². The molecule has 0 saturated carbocycles. The van der Waals surface area contributed by atoms with Gasteiger partial charge in [0, 0.05) is 5.92 Å². The normalized spacial score (nSPS) is 12.2. The van der Waals surface area contributed by atoms with Crippen LogP contribution in [0, 0.1) is 6.92 Å². The van der Waals surface area contributed by atoms with Crippen molar-refractivity contribution in [3.05, 3.63) is 48.9 Å². The molecule has 1 rings (SSSR count). The Balaban J connectivity index is 3.21. The molecule has 0 N–H and O–H groups in total. The summed E-state index contributed by atoms with van der Waals surface area (Å²) in [5, 5.41) is 0. The predicted octanol–water partition coefficient (Wildman–Crippen LogP) is 3.36. The predicted molar refractivity (Wildman–Crippen MR) is 60.7 cm³/mol. The molecule has 1 aromatic carbocycles. The second kappa shape index (κ2) is 4.85. The molecule has 0 aliphatic carbocycles. The van der Waals surface area contributed by atoms with Crippen LogP contribution in [0.1, 0.15) is 24.0 Å². The van der Waals surface area contributed by atoms with E-state index in [4.69, 9.17) is 4.74 Å². The second-order valence-electron chi connectivity index (χ2n) is 3.22. The van der Waals surface area contributed by atoms with E-state index in [0.717, 1.165) is 12.2 Å². The summed E-state index contributed by atoms with van der Waals surface area (Å²) < 4.78 is 5.31. The lowest BCUT2D eigenvalue weighted by atomic mass is 9.94. The first-order valence-electron chi connectivity index (χ1n) is 4.86. The van der Waals surface area contributed by atoms with Gasteiger partial charge in [0.1, 0.15) is 5.75 Å². The van der Waals surface area contributed by atoms with Crippen LogP contribution in [-0.2, 0) is 6.42 Å². The number of rotatable bonds is 4. The van der Waals surface area contributed by atoms with E-state index in [1.165, 1.54) is 11.1 Å². The summed E-state index contributed by atoms with van der Waals surface area (Å²) in [5.41, 5.74) is 2.44. The molecule has 0 heterocycles. The molecule has 1 unspecified atom stereocenters. The van der Waals surface area contributed by atoms with Crippen LogP contribution < -0.4 is 4.74 Å². The lowest BCUT2D eigenvalue weighted by Gasteiger charge is -2.15. The van der Waals surface area contributed by atoms with Crippen molar-refractivity contribution in [2.45, 2.75) is 19.3 Å². The van der Waals surface area contributed by atoms with E-state index < -0.39 is 0 Å². The molecule has 0 bridgehead atoms. The molecule has 1 atom stereocenters. The molecule has 0 aliphatic heterocycles.